The predicted molar refractivity (Wildman–Crippen MR) is 268 cm³/mol. The summed E-state index contributed by atoms with van der Waals surface area (Å²) in [5, 5.41) is 5.60. The van der Waals surface area contributed by atoms with E-state index in [1.807, 2.05) is 34.4 Å². The molecule has 6 aliphatic rings. The minimum absolute atomic E-state index is 0.315. The molecule has 63 heavy (non-hydrogen) atoms. The van der Waals surface area contributed by atoms with Crippen LogP contribution in [0.4, 0.5) is 17.1 Å². The summed E-state index contributed by atoms with van der Waals surface area (Å²) in [7, 11) is 0. The molecule has 4 saturated carbocycles. The van der Waals surface area contributed by atoms with Crippen LogP contribution >= 0.6 is 34.4 Å². The first kappa shape index (κ1) is 35.8. The highest BCUT2D eigenvalue weighted by Gasteiger charge is 2.53. The Balaban J connectivity index is 1.00. The number of fused-ring (bicyclic) bond motifs is 15. The highest BCUT2D eigenvalue weighted by Crippen LogP contribution is 2.64. The van der Waals surface area contributed by atoms with Crippen LogP contribution in [0.5, 0.6) is 0 Å². The van der Waals surface area contributed by atoms with Gasteiger partial charge in [-0.3, -0.25) is 0 Å². The standard InChI is InChI=1S/C59H43NS3/c1-4-15-45-40(11-1)41-12-2-5-16-46(41)59(45)47-17-6-8-21-53(47)62-54-26-24-39(31-49(54)59)60(50-19-9-14-43-42-13-3-7-20-51(42)63-57(43)50)38-23-25-52-44(30-38)56-48(18-10-22-55(56)61-52)58-32-35-27-36(33-58)29-37(28-35)34-58/h1-26,30-31,35-37H,27-29,32-34H2. The van der Waals surface area contributed by atoms with E-state index < -0.39 is 5.41 Å². The maximum atomic E-state index is 2.61. The van der Waals surface area contributed by atoms with Gasteiger partial charge in [0.1, 0.15) is 0 Å². The Morgan fingerprint density at radius 3 is 1.81 bits per heavy atom. The topological polar surface area (TPSA) is 3.24 Å². The first-order chi connectivity index (χ1) is 31.1. The van der Waals surface area contributed by atoms with E-state index >= 15 is 0 Å². The number of rotatable bonds is 4. The van der Waals surface area contributed by atoms with Crippen molar-refractivity contribution in [1.29, 1.82) is 0 Å². The van der Waals surface area contributed by atoms with Gasteiger partial charge in [0.15, 0.2) is 0 Å². The molecule has 8 aromatic carbocycles. The van der Waals surface area contributed by atoms with E-state index in [1.165, 1.54) is 139 Å². The second-order valence-electron chi connectivity index (χ2n) is 19.4. The van der Waals surface area contributed by atoms with Gasteiger partial charge in [-0.2, -0.15) is 0 Å². The van der Waals surface area contributed by atoms with Crippen molar-refractivity contribution in [1.82, 2.24) is 0 Å². The molecule has 1 nitrogen and oxygen atoms in total. The summed E-state index contributed by atoms with van der Waals surface area (Å²) in [5.41, 5.74) is 13.3. The summed E-state index contributed by atoms with van der Waals surface area (Å²) in [6.07, 6.45) is 8.51. The number of benzene rings is 8. The lowest BCUT2D eigenvalue weighted by Crippen LogP contribution is -2.48. The van der Waals surface area contributed by atoms with Crippen molar-refractivity contribution >= 4 is 91.8 Å². The Morgan fingerprint density at radius 1 is 0.429 bits per heavy atom. The zero-order valence-corrected chi connectivity index (χ0v) is 37.3. The van der Waals surface area contributed by atoms with Crippen LogP contribution in [-0.4, -0.2) is 0 Å². The van der Waals surface area contributed by atoms with E-state index in [1.54, 1.807) is 5.56 Å². The second kappa shape index (κ2) is 13.0. The van der Waals surface area contributed by atoms with E-state index in [4.69, 9.17) is 0 Å². The monoisotopic (exact) mass is 861 g/mol. The summed E-state index contributed by atoms with van der Waals surface area (Å²) in [6, 6.07) is 65.6. The molecule has 10 aromatic rings. The fraction of sp³-hybridized carbons (Fsp3) is 0.186. The summed E-state index contributed by atoms with van der Waals surface area (Å²) in [4.78, 5) is 5.27. The quantitative estimate of drug-likeness (QED) is 0.173. The molecule has 2 aromatic heterocycles. The first-order valence-electron chi connectivity index (χ1n) is 22.9. The Morgan fingerprint density at radius 2 is 1.02 bits per heavy atom. The molecule has 0 amide bonds. The third kappa shape index (κ3) is 4.85. The molecule has 0 atom stereocenters. The summed E-state index contributed by atoms with van der Waals surface area (Å²) in [5.74, 6) is 2.71. The molecule has 16 rings (SSSR count). The highest BCUT2D eigenvalue weighted by molar-refractivity contribution is 7.99. The summed E-state index contributed by atoms with van der Waals surface area (Å²) < 4.78 is 5.49. The van der Waals surface area contributed by atoms with Crippen LogP contribution in [0.1, 0.15) is 66.3 Å². The average molecular weight is 862 g/mol. The lowest BCUT2D eigenvalue weighted by Gasteiger charge is -2.57. The van der Waals surface area contributed by atoms with Crippen LogP contribution in [-0.2, 0) is 10.8 Å². The molecule has 3 heterocycles. The third-order valence-electron chi connectivity index (χ3n) is 16.1. The first-order valence-corrected chi connectivity index (χ1v) is 25.4. The van der Waals surface area contributed by atoms with Crippen molar-refractivity contribution in [2.75, 3.05) is 4.90 Å². The SMILES string of the molecule is c1ccc2c(c1)Sc1ccc(N(c3ccc4sc5cccc(C67CC8CC(CC(C8)C6)C7)c5c4c3)c3cccc4c3sc3ccccc34)cc1C21c2ccccc2-c2ccccc21. The molecule has 1 spiro atoms. The van der Waals surface area contributed by atoms with Gasteiger partial charge in [-0.05, 0) is 161 Å². The zero-order chi connectivity index (χ0) is 41.0. The van der Waals surface area contributed by atoms with Gasteiger partial charge in [0.25, 0.3) is 0 Å². The second-order valence-corrected chi connectivity index (χ2v) is 22.6. The minimum atomic E-state index is -0.448. The van der Waals surface area contributed by atoms with Crippen LogP contribution in [0.25, 0.3) is 51.5 Å². The smallest absolute Gasteiger partial charge is 0.0736 e. The van der Waals surface area contributed by atoms with Crippen molar-refractivity contribution in [3.05, 3.63) is 198 Å². The molecule has 0 radical (unpaired) electrons. The molecule has 5 aliphatic carbocycles. The van der Waals surface area contributed by atoms with Crippen molar-refractivity contribution in [3.8, 4) is 11.1 Å². The van der Waals surface area contributed by atoms with Gasteiger partial charge in [-0.1, -0.05) is 121 Å². The lowest BCUT2D eigenvalue weighted by atomic mass is 9.48. The molecule has 4 heteroatoms. The van der Waals surface area contributed by atoms with Gasteiger partial charge in [0.05, 0.1) is 15.8 Å². The third-order valence-corrected chi connectivity index (χ3v) is 19.6. The number of hydrogen-bond donors (Lipinski definition) is 0. The number of thiophene rings is 2. The van der Waals surface area contributed by atoms with E-state index in [0.717, 1.165) is 17.8 Å². The van der Waals surface area contributed by atoms with E-state index in [-0.39, 0.29) is 0 Å². The Bertz CT molecular complexity index is 3490. The molecule has 302 valence electrons. The van der Waals surface area contributed by atoms with Crippen LogP contribution in [0, 0.1) is 17.8 Å². The van der Waals surface area contributed by atoms with Crippen molar-refractivity contribution in [3.63, 3.8) is 0 Å². The fourth-order valence-corrected chi connectivity index (χ4v) is 17.6. The maximum absolute atomic E-state index is 2.61. The zero-order valence-electron chi connectivity index (χ0n) is 34.8. The van der Waals surface area contributed by atoms with Gasteiger partial charge in [0.2, 0.25) is 0 Å². The van der Waals surface area contributed by atoms with E-state index in [2.05, 4.69) is 175 Å². The molecule has 1 aliphatic heterocycles. The predicted octanol–water partition coefficient (Wildman–Crippen LogP) is 17.2. The van der Waals surface area contributed by atoms with Crippen molar-refractivity contribution in [2.45, 2.75) is 59.1 Å². The molecular weight excluding hydrogens is 819 g/mol. The molecule has 0 unspecified atom stereocenters. The summed E-state index contributed by atoms with van der Waals surface area (Å²) >= 11 is 5.84. The molecule has 0 saturated heterocycles. The Hall–Kier alpha value is -5.65. The number of anilines is 3. The maximum Gasteiger partial charge on any atom is 0.0736 e. The van der Waals surface area contributed by atoms with Gasteiger partial charge >= 0.3 is 0 Å². The van der Waals surface area contributed by atoms with Crippen LogP contribution in [0.15, 0.2) is 180 Å². The van der Waals surface area contributed by atoms with Gasteiger partial charge < -0.3 is 4.90 Å². The van der Waals surface area contributed by atoms with Gasteiger partial charge in [-0.15, -0.1) is 22.7 Å². The van der Waals surface area contributed by atoms with Gasteiger partial charge in [-0.25, -0.2) is 0 Å². The minimum Gasteiger partial charge on any atom is -0.309 e. The van der Waals surface area contributed by atoms with Gasteiger partial charge in [0, 0.05) is 56.8 Å². The normalized spacial score (nSPS) is 22.2. The highest BCUT2D eigenvalue weighted by atomic mass is 32.2. The summed E-state index contributed by atoms with van der Waals surface area (Å²) in [6.45, 7) is 0. The Labute approximate surface area is 380 Å². The molecule has 4 bridgehead atoms. The average Bonchev–Trinajstić information content (AvgIpc) is 3.98. The number of nitrogens with zero attached hydrogens (tertiary/aromatic N) is 1. The van der Waals surface area contributed by atoms with Crippen molar-refractivity contribution < 1.29 is 0 Å². The largest absolute Gasteiger partial charge is 0.309 e. The molecular formula is C59H43NS3. The van der Waals surface area contributed by atoms with Crippen LogP contribution < -0.4 is 4.90 Å². The Kier molecular flexibility index (Phi) is 7.37. The molecule has 0 N–H and O–H groups in total. The van der Waals surface area contributed by atoms with Crippen LogP contribution in [0.2, 0.25) is 0 Å². The molecule has 4 fully saturated rings. The lowest BCUT2D eigenvalue weighted by molar-refractivity contribution is -0.00446. The van der Waals surface area contributed by atoms with E-state index in [0.29, 0.717) is 5.41 Å². The fourth-order valence-electron chi connectivity index (χ4n) is 14.2. The van der Waals surface area contributed by atoms with E-state index in [9.17, 15) is 0 Å². The van der Waals surface area contributed by atoms with Crippen molar-refractivity contribution in [2.24, 2.45) is 17.8 Å². The van der Waals surface area contributed by atoms with Crippen LogP contribution in [0.3, 0.4) is 0 Å². The number of hydrogen-bond acceptors (Lipinski definition) is 4.